The third kappa shape index (κ3) is 4.42. The van der Waals surface area contributed by atoms with Gasteiger partial charge in [0.25, 0.3) is 0 Å². The lowest BCUT2D eigenvalue weighted by Crippen LogP contribution is -2.34. The lowest BCUT2D eigenvalue weighted by molar-refractivity contribution is 0.0504. The first-order chi connectivity index (χ1) is 8.35. The third-order valence-electron chi connectivity index (χ3n) is 2.87. The van der Waals surface area contributed by atoms with Gasteiger partial charge in [0.1, 0.15) is 5.60 Å². The van der Waals surface area contributed by atoms with Gasteiger partial charge in [0.05, 0.1) is 6.04 Å². The van der Waals surface area contributed by atoms with Gasteiger partial charge in [-0.2, -0.15) is 13.5 Å². The summed E-state index contributed by atoms with van der Waals surface area (Å²) in [5, 5.41) is 2.93. The monoisotopic (exact) mass is 345 g/mol. The van der Waals surface area contributed by atoms with E-state index in [4.69, 9.17) is 4.74 Å². The number of carbonyl (C=O) groups excluding carboxylic acids is 1. The largest absolute Gasteiger partial charge is 0.444 e. The number of hydrogen-bond donors (Lipinski definition) is 1. The quantitative estimate of drug-likeness (QED) is 0.832. The van der Waals surface area contributed by atoms with Crippen molar-refractivity contribution in [1.29, 1.82) is 0 Å². The Bertz CT molecular complexity index is 471. The molecule has 106 valence electrons. The van der Waals surface area contributed by atoms with Gasteiger partial charge < -0.3 is 10.1 Å². The van der Waals surface area contributed by atoms with Gasteiger partial charge in [0.15, 0.2) is 0 Å². The average molecular weight is 346 g/mol. The normalized spacial score (nSPS) is 17.4. The Morgan fingerprint density at radius 1 is 1.42 bits per heavy atom. The molecule has 1 aliphatic rings. The highest BCUT2D eigenvalue weighted by Gasteiger charge is 2.26. The molecule has 5 heteroatoms. The van der Waals surface area contributed by atoms with E-state index in [9.17, 15) is 4.79 Å². The van der Waals surface area contributed by atoms with Gasteiger partial charge in [-0.05, 0) is 56.9 Å². The zero-order valence-electron chi connectivity index (χ0n) is 11.4. The van der Waals surface area contributed by atoms with Crippen molar-refractivity contribution >= 4 is 35.5 Å². The summed E-state index contributed by atoms with van der Waals surface area (Å²) >= 11 is 3.46. The first-order valence-corrected chi connectivity index (χ1v) is 6.92. The van der Waals surface area contributed by atoms with Crippen LogP contribution in [0.25, 0.3) is 0 Å². The van der Waals surface area contributed by atoms with E-state index in [2.05, 4.69) is 33.4 Å². The SMILES string of the molecule is CC(C)(C)OC(=O)N[C@H]1CCc2cc(Br)ccc21.S. The standard InChI is InChI=1S/C14H18BrNO2.H2S/c1-14(2,3)18-13(17)16-12-7-4-9-8-10(15)5-6-11(9)12;/h5-6,8,12H,4,7H2,1-3H3,(H,16,17);1H2/t12-;/m0./s1. The van der Waals surface area contributed by atoms with E-state index in [1.54, 1.807) is 0 Å². The molecule has 0 fully saturated rings. The van der Waals surface area contributed by atoms with Crippen LogP contribution in [0.5, 0.6) is 0 Å². The smallest absolute Gasteiger partial charge is 0.408 e. The molecule has 1 aromatic rings. The number of aryl methyl sites for hydroxylation is 1. The minimum atomic E-state index is -0.453. The van der Waals surface area contributed by atoms with E-state index >= 15 is 0 Å². The Morgan fingerprint density at radius 2 is 2.11 bits per heavy atom. The van der Waals surface area contributed by atoms with E-state index < -0.39 is 5.60 Å². The van der Waals surface area contributed by atoms with Crippen molar-refractivity contribution in [2.45, 2.75) is 45.3 Å². The molecule has 0 spiro atoms. The van der Waals surface area contributed by atoms with Crippen molar-refractivity contribution in [1.82, 2.24) is 5.32 Å². The van der Waals surface area contributed by atoms with Gasteiger partial charge in [-0.3, -0.25) is 0 Å². The van der Waals surface area contributed by atoms with E-state index in [1.165, 1.54) is 11.1 Å². The van der Waals surface area contributed by atoms with Crippen LogP contribution < -0.4 is 5.32 Å². The minimum absolute atomic E-state index is 0. The van der Waals surface area contributed by atoms with Crippen LogP contribution >= 0.6 is 29.4 Å². The number of alkyl carbamates (subject to hydrolysis) is 1. The molecule has 1 aromatic carbocycles. The van der Waals surface area contributed by atoms with Crippen molar-refractivity contribution < 1.29 is 9.53 Å². The van der Waals surface area contributed by atoms with E-state index in [-0.39, 0.29) is 25.6 Å². The van der Waals surface area contributed by atoms with Crippen LogP contribution in [0.1, 0.15) is 44.4 Å². The van der Waals surface area contributed by atoms with Gasteiger partial charge in [-0.1, -0.05) is 22.0 Å². The summed E-state index contributed by atoms with van der Waals surface area (Å²) in [5.74, 6) is 0. The fourth-order valence-corrected chi connectivity index (χ4v) is 2.59. The summed E-state index contributed by atoms with van der Waals surface area (Å²) in [6, 6.07) is 6.26. The summed E-state index contributed by atoms with van der Waals surface area (Å²) in [7, 11) is 0. The van der Waals surface area contributed by atoms with Crippen LogP contribution in [0.2, 0.25) is 0 Å². The summed E-state index contributed by atoms with van der Waals surface area (Å²) in [5.41, 5.74) is 2.04. The molecule has 0 heterocycles. The second kappa shape index (κ2) is 6.18. The zero-order valence-corrected chi connectivity index (χ0v) is 14.0. The second-order valence-corrected chi connectivity index (χ2v) is 6.50. The molecular formula is C14H20BrNO2S. The lowest BCUT2D eigenvalue weighted by atomic mass is 10.1. The predicted octanol–water partition coefficient (Wildman–Crippen LogP) is 4.07. The first-order valence-electron chi connectivity index (χ1n) is 6.13. The molecule has 1 atom stereocenters. The second-order valence-electron chi connectivity index (χ2n) is 5.58. The van der Waals surface area contributed by atoms with Crippen molar-refractivity contribution in [2.75, 3.05) is 0 Å². The average Bonchev–Trinajstić information content (AvgIpc) is 2.57. The van der Waals surface area contributed by atoms with Gasteiger partial charge in [0.2, 0.25) is 0 Å². The van der Waals surface area contributed by atoms with Crippen molar-refractivity contribution in [2.24, 2.45) is 0 Å². The molecule has 19 heavy (non-hydrogen) atoms. The molecule has 0 saturated carbocycles. The summed E-state index contributed by atoms with van der Waals surface area (Å²) < 4.78 is 6.36. The number of ether oxygens (including phenoxy) is 1. The van der Waals surface area contributed by atoms with Gasteiger partial charge >= 0.3 is 6.09 Å². The fraction of sp³-hybridized carbons (Fsp3) is 0.500. The maximum atomic E-state index is 11.7. The number of nitrogens with one attached hydrogen (secondary N) is 1. The molecule has 1 amide bonds. The molecule has 0 radical (unpaired) electrons. The Balaban J connectivity index is 0.00000180. The fourth-order valence-electron chi connectivity index (χ4n) is 2.19. The number of hydrogen-bond acceptors (Lipinski definition) is 2. The van der Waals surface area contributed by atoms with E-state index in [0.717, 1.165) is 17.3 Å². The molecule has 3 nitrogen and oxygen atoms in total. The molecule has 0 saturated heterocycles. The van der Waals surface area contributed by atoms with E-state index in [1.807, 2.05) is 26.8 Å². The Labute approximate surface area is 129 Å². The molecule has 1 N–H and O–H groups in total. The molecule has 0 aromatic heterocycles. The molecule has 0 unspecified atom stereocenters. The molecule has 1 aliphatic carbocycles. The van der Waals surface area contributed by atoms with Crippen LogP contribution in [0, 0.1) is 0 Å². The topological polar surface area (TPSA) is 38.3 Å². The van der Waals surface area contributed by atoms with Crippen LogP contribution in [-0.4, -0.2) is 11.7 Å². The van der Waals surface area contributed by atoms with Gasteiger partial charge in [-0.15, -0.1) is 0 Å². The van der Waals surface area contributed by atoms with Gasteiger partial charge in [-0.25, -0.2) is 4.79 Å². The highest BCUT2D eigenvalue weighted by Crippen LogP contribution is 2.33. The highest BCUT2D eigenvalue weighted by atomic mass is 79.9. The molecular weight excluding hydrogens is 326 g/mol. The molecule has 2 rings (SSSR count). The van der Waals surface area contributed by atoms with Crippen LogP contribution in [0.15, 0.2) is 22.7 Å². The van der Waals surface area contributed by atoms with Crippen LogP contribution in [-0.2, 0) is 11.2 Å². The molecule has 0 bridgehead atoms. The number of carbonyl (C=O) groups is 1. The zero-order chi connectivity index (χ0) is 13.3. The third-order valence-corrected chi connectivity index (χ3v) is 3.37. The Hall–Kier alpha value is -0.680. The predicted molar refractivity (Wildman–Crippen MR) is 85.0 cm³/mol. The maximum absolute atomic E-state index is 11.7. The number of benzene rings is 1. The summed E-state index contributed by atoms with van der Waals surface area (Å²) in [6.07, 6.45) is 1.59. The van der Waals surface area contributed by atoms with Crippen molar-refractivity contribution in [3.63, 3.8) is 0 Å². The Morgan fingerprint density at radius 3 is 2.74 bits per heavy atom. The van der Waals surface area contributed by atoms with Gasteiger partial charge in [0, 0.05) is 4.47 Å². The first kappa shape index (κ1) is 16.4. The molecule has 0 aliphatic heterocycles. The van der Waals surface area contributed by atoms with E-state index in [0.29, 0.717) is 0 Å². The number of halogens is 1. The lowest BCUT2D eigenvalue weighted by Gasteiger charge is -2.22. The number of amides is 1. The highest BCUT2D eigenvalue weighted by molar-refractivity contribution is 9.10. The minimum Gasteiger partial charge on any atom is -0.444 e. The maximum Gasteiger partial charge on any atom is 0.408 e. The summed E-state index contributed by atoms with van der Waals surface area (Å²) in [6.45, 7) is 5.60. The number of rotatable bonds is 1. The van der Waals surface area contributed by atoms with Crippen molar-refractivity contribution in [3.05, 3.63) is 33.8 Å². The van der Waals surface area contributed by atoms with Crippen molar-refractivity contribution in [3.8, 4) is 0 Å². The number of fused-ring (bicyclic) bond motifs is 1. The van der Waals surface area contributed by atoms with Crippen LogP contribution in [0.4, 0.5) is 4.79 Å². The summed E-state index contributed by atoms with van der Waals surface area (Å²) in [4.78, 5) is 11.7. The van der Waals surface area contributed by atoms with Crippen LogP contribution in [0.3, 0.4) is 0 Å². The Kier molecular flexibility index (Phi) is 5.33.